The third-order valence-electron chi connectivity index (χ3n) is 4.42. The molecule has 1 saturated heterocycles. The highest BCUT2D eigenvalue weighted by Gasteiger charge is 2.17. The Morgan fingerprint density at radius 3 is 2.48 bits per heavy atom. The van der Waals surface area contributed by atoms with Gasteiger partial charge in [-0.05, 0) is 44.1 Å². The van der Waals surface area contributed by atoms with Crippen molar-refractivity contribution < 1.29 is 5.11 Å². The third kappa shape index (κ3) is 5.04. The van der Waals surface area contributed by atoms with Crippen molar-refractivity contribution in [3.05, 3.63) is 59.7 Å². The van der Waals surface area contributed by atoms with E-state index in [1.165, 1.54) is 0 Å². The Bertz CT molecular complexity index is 798. The van der Waals surface area contributed by atoms with E-state index in [9.17, 15) is 5.11 Å². The van der Waals surface area contributed by atoms with Crippen LogP contribution in [-0.4, -0.2) is 28.0 Å². The quantitative estimate of drug-likeness (QED) is 0.525. The summed E-state index contributed by atoms with van der Waals surface area (Å²) in [6, 6.07) is 7.24. The monoisotopic (exact) mass is 370 g/mol. The summed E-state index contributed by atoms with van der Waals surface area (Å²) >= 11 is 0. The fraction of sp³-hybridized carbons (Fsp3) is 0.350. The van der Waals surface area contributed by atoms with Crippen LogP contribution < -0.4 is 22.5 Å². The number of benzene rings is 1. The highest BCUT2D eigenvalue weighted by Crippen LogP contribution is 2.26. The smallest absolute Gasteiger partial charge is 0.124 e. The van der Waals surface area contributed by atoms with Gasteiger partial charge in [0.25, 0.3) is 0 Å². The van der Waals surface area contributed by atoms with Crippen molar-refractivity contribution in [3.8, 4) is 5.75 Å². The van der Waals surface area contributed by atoms with Gasteiger partial charge in [-0.15, -0.1) is 0 Å². The first-order chi connectivity index (χ1) is 13.1. The summed E-state index contributed by atoms with van der Waals surface area (Å²) in [7, 11) is 0. The Balaban J connectivity index is 0.00000126. The lowest BCUT2D eigenvalue weighted by atomic mass is 10.0. The highest BCUT2D eigenvalue weighted by atomic mass is 16.3. The number of aromatic nitrogens is 2. The zero-order valence-electron chi connectivity index (χ0n) is 16.0. The summed E-state index contributed by atoms with van der Waals surface area (Å²) in [5.41, 5.74) is 20.2. The normalized spacial score (nSPS) is 15.0. The van der Waals surface area contributed by atoms with E-state index < -0.39 is 0 Å². The van der Waals surface area contributed by atoms with Crippen molar-refractivity contribution in [3.63, 3.8) is 0 Å². The molecule has 27 heavy (non-hydrogen) atoms. The summed E-state index contributed by atoms with van der Waals surface area (Å²) in [5.74, 6) is 0.264. The van der Waals surface area contributed by atoms with E-state index in [1.807, 2.05) is 24.7 Å². The van der Waals surface area contributed by atoms with E-state index in [4.69, 9.17) is 17.2 Å². The van der Waals surface area contributed by atoms with Gasteiger partial charge in [0.05, 0.1) is 12.2 Å². The maximum absolute atomic E-state index is 9.96. The number of allylic oxidation sites excluding steroid dienone is 2. The minimum atomic E-state index is 0.108. The largest absolute Gasteiger partial charge is 0.507 e. The number of nitrogens with one attached hydrogen (secondary N) is 1. The molecule has 1 aromatic carbocycles. The topological polar surface area (TPSA) is 128 Å². The summed E-state index contributed by atoms with van der Waals surface area (Å²) < 4.78 is 1.96. The van der Waals surface area contributed by atoms with Gasteiger partial charge in [-0.3, -0.25) is 4.68 Å². The van der Waals surface area contributed by atoms with Crippen molar-refractivity contribution >= 4 is 11.3 Å². The Labute approximate surface area is 160 Å². The molecule has 0 radical (unpaired) electrons. The molecule has 0 atom stereocenters. The molecule has 0 unspecified atom stereocenters. The van der Waals surface area contributed by atoms with Gasteiger partial charge in [0, 0.05) is 28.6 Å². The van der Waals surface area contributed by atoms with E-state index in [0.29, 0.717) is 22.9 Å². The molecule has 1 aliphatic heterocycles. The number of nitrogens with two attached hydrogens (primary N) is 3. The number of rotatable bonds is 4. The minimum absolute atomic E-state index is 0.108. The predicted molar refractivity (Wildman–Crippen MR) is 110 cm³/mol. The maximum atomic E-state index is 9.96. The lowest BCUT2D eigenvalue weighted by Gasteiger charge is -2.22. The van der Waals surface area contributed by atoms with Crippen LogP contribution in [0.2, 0.25) is 0 Å². The first kappa shape index (κ1) is 20.4. The van der Waals surface area contributed by atoms with Crippen molar-refractivity contribution in [1.82, 2.24) is 15.1 Å². The lowest BCUT2D eigenvalue weighted by Crippen LogP contribution is -2.29. The van der Waals surface area contributed by atoms with Crippen LogP contribution in [0, 0.1) is 0 Å². The van der Waals surface area contributed by atoms with Crippen LogP contribution in [0.5, 0.6) is 5.75 Å². The molecule has 0 spiro atoms. The van der Waals surface area contributed by atoms with E-state index >= 15 is 0 Å². The Morgan fingerprint density at radius 1 is 1.19 bits per heavy atom. The molecule has 1 aliphatic rings. The van der Waals surface area contributed by atoms with Gasteiger partial charge in [0.2, 0.25) is 0 Å². The van der Waals surface area contributed by atoms with Crippen molar-refractivity contribution in [2.75, 3.05) is 13.1 Å². The second kappa shape index (κ2) is 9.68. The Kier molecular flexibility index (Phi) is 7.31. The van der Waals surface area contributed by atoms with Crippen molar-refractivity contribution in [2.24, 2.45) is 17.2 Å². The fourth-order valence-corrected chi connectivity index (χ4v) is 3.03. The van der Waals surface area contributed by atoms with Gasteiger partial charge in [-0.25, -0.2) is 0 Å². The Morgan fingerprint density at radius 2 is 1.85 bits per heavy atom. The van der Waals surface area contributed by atoms with Crippen LogP contribution >= 0.6 is 0 Å². The van der Waals surface area contributed by atoms with E-state index in [1.54, 1.807) is 36.5 Å². The molecule has 7 nitrogen and oxygen atoms in total. The molecule has 2 aromatic rings. The molecule has 0 amide bonds. The molecule has 146 valence electrons. The van der Waals surface area contributed by atoms with Crippen LogP contribution in [0.1, 0.15) is 43.9 Å². The number of hydrogen-bond acceptors (Lipinski definition) is 6. The molecule has 0 bridgehead atoms. The molecule has 7 heteroatoms. The SMILES string of the molecule is CC.NC(N)=C(/C=C(\N)c1ccccc1O)c1cnn(C2CCNCC2)c1. The summed E-state index contributed by atoms with van der Waals surface area (Å²) in [6.07, 6.45) is 7.43. The van der Waals surface area contributed by atoms with Crippen LogP contribution in [-0.2, 0) is 0 Å². The van der Waals surface area contributed by atoms with Crippen LogP contribution in [0.15, 0.2) is 48.6 Å². The lowest BCUT2D eigenvalue weighted by molar-refractivity contribution is 0.343. The van der Waals surface area contributed by atoms with Gasteiger partial charge in [0.1, 0.15) is 11.6 Å². The minimum Gasteiger partial charge on any atom is -0.507 e. The van der Waals surface area contributed by atoms with Crippen LogP contribution in [0.25, 0.3) is 11.3 Å². The van der Waals surface area contributed by atoms with Gasteiger partial charge < -0.3 is 27.6 Å². The van der Waals surface area contributed by atoms with Crippen molar-refractivity contribution in [2.45, 2.75) is 32.7 Å². The molecule has 2 heterocycles. The Hall–Kier alpha value is -2.93. The molecule has 0 aliphatic carbocycles. The average molecular weight is 371 g/mol. The molecule has 0 saturated carbocycles. The molecular formula is C20H30N6O. The number of para-hydroxylation sites is 1. The molecule has 1 fully saturated rings. The first-order valence-electron chi connectivity index (χ1n) is 9.32. The number of nitrogens with zero attached hydrogens (tertiary/aromatic N) is 2. The zero-order valence-corrected chi connectivity index (χ0v) is 16.0. The number of aromatic hydroxyl groups is 1. The summed E-state index contributed by atoms with van der Waals surface area (Å²) in [6.45, 7) is 5.98. The summed E-state index contributed by atoms with van der Waals surface area (Å²) in [4.78, 5) is 0. The number of hydrogen-bond donors (Lipinski definition) is 5. The maximum Gasteiger partial charge on any atom is 0.124 e. The van der Waals surface area contributed by atoms with Gasteiger partial charge >= 0.3 is 0 Å². The number of phenols is 1. The standard InChI is InChI=1S/C18H24N6O.C2H6/c19-16(14-3-1-2-4-17(14)25)9-15(18(20)21)12-10-23-24(11-12)13-5-7-22-8-6-13;1-2/h1-4,9-11,13,22,25H,5-8,19-21H2;1-2H3/b16-9-;. The second-order valence-corrected chi connectivity index (χ2v) is 6.18. The van der Waals surface area contributed by atoms with Crippen molar-refractivity contribution in [1.29, 1.82) is 0 Å². The molecule has 1 aromatic heterocycles. The molecular weight excluding hydrogens is 340 g/mol. The van der Waals surface area contributed by atoms with Gasteiger partial charge in [-0.1, -0.05) is 26.0 Å². The van der Waals surface area contributed by atoms with E-state index in [2.05, 4.69) is 10.4 Å². The number of phenolic OH excluding ortho intramolecular Hbond substituents is 1. The fourth-order valence-electron chi connectivity index (χ4n) is 3.03. The van der Waals surface area contributed by atoms with Crippen LogP contribution in [0.4, 0.5) is 0 Å². The number of piperidine rings is 1. The highest BCUT2D eigenvalue weighted by molar-refractivity contribution is 5.84. The zero-order chi connectivity index (χ0) is 19.8. The molecule has 8 N–H and O–H groups in total. The summed E-state index contributed by atoms with van der Waals surface area (Å²) in [5, 5.41) is 17.8. The average Bonchev–Trinajstić information content (AvgIpc) is 3.18. The first-order valence-corrected chi connectivity index (χ1v) is 9.32. The van der Waals surface area contributed by atoms with Gasteiger partial charge in [0.15, 0.2) is 0 Å². The molecule has 3 rings (SSSR count). The van der Waals surface area contributed by atoms with Gasteiger partial charge in [-0.2, -0.15) is 5.10 Å². The predicted octanol–water partition coefficient (Wildman–Crippen LogP) is 2.13. The third-order valence-corrected chi connectivity index (χ3v) is 4.42. The van der Waals surface area contributed by atoms with Crippen LogP contribution in [0.3, 0.4) is 0 Å². The van der Waals surface area contributed by atoms with E-state index in [-0.39, 0.29) is 11.6 Å². The second-order valence-electron chi connectivity index (χ2n) is 6.18. The van der Waals surface area contributed by atoms with E-state index in [0.717, 1.165) is 31.5 Å².